The van der Waals surface area contributed by atoms with Gasteiger partial charge in [-0.25, -0.2) is 0 Å². The summed E-state index contributed by atoms with van der Waals surface area (Å²) in [5.41, 5.74) is 3.90. The van der Waals surface area contributed by atoms with Crippen LogP contribution >= 0.6 is 27.3 Å². The monoisotopic (exact) mass is 587 g/mol. The molecule has 38 heavy (non-hydrogen) atoms. The molecular formula is C30H26BrN3O3S. The SMILES string of the molecule is C=CCc1cc(/C=C(\C#N)C(=O)Nc2sc3c(c2C#N)CCCC3)cc(OC)c1OCc1ccc(Br)cc1. The summed E-state index contributed by atoms with van der Waals surface area (Å²) in [5.74, 6) is 0.517. The number of allylic oxidation sites excluding steroid dienone is 1. The van der Waals surface area contributed by atoms with Crippen LogP contribution in [0.1, 0.15) is 45.5 Å². The van der Waals surface area contributed by atoms with E-state index in [-0.39, 0.29) is 5.57 Å². The molecule has 192 valence electrons. The van der Waals surface area contributed by atoms with Gasteiger partial charge in [-0.1, -0.05) is 34.1 Å². The summed E-state index contributed by atoms with van der Waals surface area (Å²) >= 11 is 4.87. The molecule has 2 aromatic carbocycles. The van der Waals surface area contributed by atoms with E-state index in [4.69, 9.17) is 9.47 Å². The van der Waals surface area contributed by atoms with Gasteiger partial charge in [-0.3, -0.25) is 4.79 Å². The second-order valence-corrected chi connectivity index (χ2v) is 10.8. The van der Waals surface area contributed by atoms with E-state index in [0.717, 1.165) is 51.7 Å². The molecule has 0 saturated heterocycles. The number of amides is 1. The molecule has 1 N–H and O–H groups in total. The van der Waals surface area contributed by atoms with E-state index in [0.29, 0.717) is 40.7 Å². The van der Waals surface area contributed by atoms with Crippen molar-refractivity contribution in [1.29, 1.82) is 10.5 Å². The number of benzene rings is 2. The fourth-order valence-electron chi connectivity index (χ4n) is 4.38. The highest BCUT2D eigenvalue weighted by molar-refractivity contribution is 9.10. The summed E-state index contributed by atoms with van der Waals surface area (Å²) in [6.07, 6.45) is 7.65. The van der Waals surface area contributed by atoms with Gasteiger partial charge < -0.3 is 14.8 Å². The molecule has 0 saturated carbocycles. The van der Waals surface area contributed by atoms with Crippen molar-refractivity contribution < 1.29 is 14.3 Å². The molecule has 1 aliphatic carbocycles. The van der Waals surface area contributed by atoms with Crippen molar-refractivity contribution in [2.45, 2.75) is 38.7 Å². The minimum atomic E-state index is -0.553. The van der Waals surface area contributed by atoms with Crippen LogP contribution < -0.4 is 14.8 Å². The number of fused-ring (bicyclic) bond motifs is 1. The number of nitriles is 2. The van der Waals surface area contributed by atoms with Crippen molar-refractivity contribution in [3.8, 4) is 23.6 Å². The summed E-state index contributed by atoms with van der Waals surface area (Å²) in [4.78, 5) is 14.2. The quantitative estimate of drug-likeness (QED) is 0.163. The van der Waals surface area contributed by atoms with Crippen LogP contribution in [0.15, 0.2) is 59.1 Å². The van der Waals surface area contributed by atoms with Gasteiger partial charge in [0.2, 0.25) is 0 Å². The highest BCUT2D eigenvalue weighted by atomic mass is 79.9. The van der Waals surface area contributed by atoms with Crippen LogP contribution in [0.2, 0.25) is 0 Å². The van der Waals surface area contributed by atoms with Crippen LogP contribution in [0.25, 0.3) is 6.08 Å². The van der Waals surface area contributed by atoms with Crippen LogP contribution in [-0.2, 0) is 30.7 Å². The maximum absolute atomic E-state index is 13.1. The van der Waals surface area contributed by atoms with Crippen molar-refractivity contribution >= 4 is 44.3 Å². The van der Waals surface area contributed by atoms with E-state index >= 15 is 0 Å². The Labute approximate surface area is 235 Å². The maximum atomic E-state index is 13.1. The molecule has 0 atom stereocenters. The lowest BCUT2D eigenvalue weighted by molar-refractivity contribution is -0.112. The van der Waals surface area contributed by atoms with E-state index in [2.05, 4.69) is 33.9 Å². The first-order valence-corrected chi connectivity index (χ1v) is 13.7. The number of rotatable bonds is 9. The highest BCUT2D eigenvalue weighted by Gasteiger charge is 2.23. The zero-order valence-corrected chi connectivity index (χ0v) is 23.4. The van der Waals surface area contributed by atoms with Crippen LogP contribution in [0.3, 0.4) is 0 Å². The Kier molecular flexibility index (Phi) is 9.02. The summed E-state index contributed by atoms with van der Waals surface area (Å²) in [5, 5.41) is 22.8. The second-order valence-electron chi connectivity index (χ2n) is 8.77. The normalized spacial score (nSPS) is 12.6. The third kappa shape index (κ3) is 6.16. The molecular weight excluding hydrogens is 562 g/mol. The predicted molar refractivity (Wildman–Crippen MR) is 153 cm³/mol. The molecule has 6 nitrogen and oxygen atoms in total. The number of hydrogen-bond donors (Lipinski definition) is 1. The number of nitrogens with zero attached hydrogens (tertiary/aromatic N) is 2. The Morgan fingerprint density at radius 2 is 1.97 bits per heavy atom. The molecule has 1 aromatic heterocycles. The number of halogens is 1. The van der Waals surface area contributed by atoms with Crippen molar-refractivity contribution in [1.82, 2.24) is 0 Å². The van der Waals surface area contributed by atoms with E-state index < -0.39 is 5.91 Å². The summed E-state index contributed by atoms with van der Waals surface area (Å²) in [6.45, 7) is 4.20. The topological polar surface area (TPSA) is 95.1 Å². The molecule has 0 radical (unpaired) electrons. The molecule has 1 aliphatic rings. The van der Waals surface area contributed by atoms with Gasteiger partial charge in [-0.2, -0.15) is 10.5 Å². The smallest absolute Gasteiger partial charge is 0.266 e. The van der Waals surface area contributed by atoms with E-state index in [9.17, 15) is 15.3 Å². The molecule has 3 aromatic rings. The fourth-order valence-corrected chi connectivity index (χ4v) is 5.88. The number of carbonyl (C=O) groups excluding carboxylic acids is 1. The largest absolute Gasteiger partial charge is 0.493 e. The third-order valence-corrected chi connectivity index (χ3v) is 7.96. The van der Waals surface area contributed by atoms with Gasteiger partial charge in [0.15, 0.2) is 11.5 Å². The van der Waals surface area contributed by atoms with E-state index in [1.807, 2.05) is 36.4 Å². The van der Waals surface area contributed by atoms with E-state index in [1.54, 1.807) is 19.3 Å². The van der Waals surface area contributed by atoms with Gasteiger partial charge in [0.1, 0.15) is 29.3 Å². The standard InChI is InChI=1S/C30H26BrN3O3S/c1-3-6-21-13-20(15-26(36-2)28(21)37-18-19-9-11-23(31)12-10-19)14-22(16-32)29(35)34-30-25(17-33)24-7-4-5-8-27(24)38-30/h3,9-15H,1,4-8,18H2,2H3,(H,34,35)/b22-14+. The molecule has 1 amide bonds. The number of anilines is 1. The molecule has 1 heterocycles. The first kappa shape index (κ1) is 27.2. The zero-order chi connectivity index (χ0) is 27.1. The minimum Gasteiger partial charge on any atom is -0.493 e. The minimum absolute atomic E-state index is 0.0737. The maximum Gasteiger partial charge on any atom is 0.266 e. The third-order valence-electron chi connectivity index (χ3n) is 6.22. The molecule has 0 bridgehead atoms. The number of methoxy groups -OCH3 is 1. The van der Waals surface area contributed by atoms with Gasteiger partial charge in [0.25, 0.3) is 5.91 Å². The highest BCUT2D eigenvalue weighted by Crippen LogP contribution is 2.38. The number of hydrogen-bond acceptors (Lipinski definition) is 6. The van der Waals surface area contributed by atoms with Crippen molar-refractivity contribution in [2.75, 3.05) is 12.4 Å². The van der Waals surface area contributed by atoms with Crippen LogP contribution in [-0.4, -0.2) is 13.0 Å². The van der Waals surface area contributed by atoms with Gasteiger partial charge in [0, 0.05) is 14.9 Å². The second kappa shape index (κ2) is 12.6. The Morgan fingerprint density at radius 1 is 1.21 bits per heavy atom. The lowest BCUT2D eigenvalue weighted by Gasteiger charge is -2.16. The number of carbonyl (C=O) groups is 1. The Bertz CT molecular complexity index is 1480. The predicted octanol–water partition coefficient (Wildman–Crippen LogP) is 7.12. The van der Waals surface area contributed by atoms with Crippen LogP contribution in [0, 0.1) is 22.7 Å². The van der Waals surface area contributed by atoms with Gasteiger partial charge >= 0.3 is 0 Å². The van der Waals surface area contributed by atoms with E-state index in [1.165, 1.54) is 17.4 Å². The molecule has 4 rings (SSSR count). The lowest BCUT2D eigenvalue weighted by Crippen LogP contribution is -2.13. The number of aryl methyl sites for hydroxylation is 1. The summed E-state index contributed by atoms with van der Waals surface area (Å²) < 4.78 is 12.7. The van der Waals surface area contributed by atoms with Crippen LogP contribution in [0.4, 0.5) is 5.00 Å². The van der Waals surface area contributed by atoms with Crippen molar-refractivity contribution in [3.63, 3.8) is 0 Å². The number of nitrogens with one attached hydrogen (secondary N) is 1. The Balaban J connectivity index is 1.61. The summed E-state index contributed by atoms with van der Waals surface area (Å²) in [7, 11) is 1.55. The number of thiophene rings is 1. The van der Waals surface area contributed by atoms with Crippen molar-refractivity contribution in [3.05, 3.63) is 91.8 Å². The first-order chi connectivity index (χ1) is 18.5. The Hall–Kier alpha value is -3.85. The van der Waals surface area contributed by atoms with Crippen LogP contribution in [0.5, 0.6) is 11.5 Å². The lowest BCUT2D eigenvalue weighted by atomic mass is 9.96. The molecule has 0 spiro atoms. The van der Waals surface area contributed by atoms with Crippen molar-refractivity contribution in [2.24, 2.45) is 0 Å². The molecule has 0 fully saturated rings. The summed E-state index contributed by atoms with van der Waals surface area (Å²) in [6, 6.07) is 15.7. The zero-order valence-electron chi connectivity index (χ0n) is 21.0. The molecule has 0 aliphatic heterocycles. The average Bonchev–Trinajstić information content (AvgIpc) is 3.28. The van der Waals surface area contributed by atoms with Gasteiger partial charge in [-0.05, 0) is 79.1 Å². The number of ether oxygens (including phenoxy) is 2. The average molecular weight is 589 g/mol. The molecule has 8 heteroatoms. The van der Waals surface area contributed by atoms with Gasteiger partial charge in [0.05, 0.1) is 12.7 Å². The molecule has 0 unspecified atom stereocenters. The first-order valence-electron chi connectivity index (χ1n) is 12.1. The van der Waals surface area contributed by atoms with Gasteiger partial charge in [-0.15, -0.1) is 17.9 Å². The Morgan fingerprint density at radius 3 is 2.66 bits per heavy atom. The fraction of sp³-hybridized carbons (Fsp3) is 0.233.